The Balaban J connectivity index is 0.000000640. The molecule has 54 valence electrons. The number of allylic oxidation sites excluding steroid dienone is 4. The van der Waals surface area contributed by atoms with E-state index in [2.05, 4.69) is 24.3 Å². The van der Waals surface area contributed by atoms with Gasteiger partial charge in [0.25, 0.3) is 0 Å². The van der Waals surface area contributed by atoms with Gasteiger partial charge >= 0.3 is 0 Å². The largest absolute Gasteiger partial charge is 0.0882 e. The van der Waals surface area contributed by atoms with Crippen molar-refractivity contribution in [2.45, 2.75) is 25.7 Å². The summed E-state index contributed by atoms with van der Waals surface area (Å²) in [6.45, 7) is 0. The molecule has 0 spiro atoms. The van der Waals surface area contributed by atoms with Crippen molar-refractivity contribution < 1.29 is 16.5 Å². The van der Waals surface area contributed by atoms with Crippen LogP contribution >= 0.6 is 0 Å². The molecule has 0 aromatic carbocycles. The van der Waals surface area contributed by atoms with Gasteiger partial charge in [0.1, 0.15) is 0 Å². The van der Waals surface area contributed by atoms with E-state index in [0.717, 1.165) is 0 Å². The van der Waals surface area contributed by atoms with Gasteiger partial charge in [-0.1, -0.05) is 24.3 Å². The molecule has 0 N–H and O–H groups in total. The van der Waals surface area contributed by atoms with E-state index in [-0.39, 0.29) is 16.5 Å². The molecule has 1 rings (SSSR count). The third kappa shape index (κ3) is 4.48. The quantitative estimate of drug-likeness (QED) is 0.384. The van der Waals surface area contributed by atoms with Crippen LogP contribution in [0.5, 0.6) is 0 Å². The van der Waals surface area contributed by atoms with Crippen LogP contribution in [0, 0.1) is 0 Å². The molecule has 0 aliphatic heterocycles. The second-order valence-electron chi connectivity index (χ2n) is 2.10. The molecule has 1 aliphatic carbocycles. The van der Waals surface area contributed by atoms with Gasteiger partial charge in [0.05, 0.1) is 0 Å². The molecule has 0 heterocycles. The smallest absolute Gasteiger partial charge is 0 e. The molecule has 0 bridgehead atoms. The molecule has 0 fully saturated rings. The molecule has 9 heavy (non-hydrogen) atoms. The second kappa shape index (κ2) is 6.10. The summed E-state index contributed by atoms with van der Waals surface area (Å²) in [4.78, 5) is 0. The van der Waals surface area contributed by atoms with Crippen molar-refractivity contribution in [3.8, 4) is 0 Å². The first-order valence-corrected chi connectivity index (χ1v) is 3.30. The van der Waals surface area contributed by atoms with E-state index in [0.29, 0.717) is 0 Å². The molecule has 0 saturated carbocycles. The van der Waals surface area contributed by atoms with Crippen LogP contribution in [-0.2, 0) is 16.5 Å². The topological polar surface area (TPSA) is 0 Å². The van der Waals surface area contributed by atoms with E-state index in [1.807, 2.05) is 0 Å². The summed E-state index contributed by atoms with van der Waals surface area (Å²) >= 11 is 0. The molecule has 0 amide bonds. The Labute approximate surface area is 67.0 Å². The van der Waals surface area contributed by atoms with Crippen molar-refractivity contribution in [1.29, 1.82) is 0 Å². The predicted molar refractivity (Wildman–Crippen MR) is 36.7 cm³/mol. The standard InChI is InChI=1S/C8H12.Ni/c1-2-4-6-8-7-5-3-1;/h1-2,7-8H,3-6H2;/b2-1-,8-7+;. The fourth-order valence-electron chi connectivity index (χ4n) is 0.856. The number of rotatable bonds is 0. The normalized spacial score (nSPS) is 24.9. The number of hydrogen-bond acceptors (Lipinski definition) is 0. The van der Waals surface area contributed by atoms with E-state index < -0.39 is 0 Å². The van der Waals surface area contributed by atoms with E-state index in [4.69, 9.17) is 0 Å². The van der Waals surface area contributed by atoms with Crippen LogP contribution in [0.15, 0.2) is 24.3 Å². The summed E-state index contributed by atoms with van der Waals surface area (Å²) in [5.41, 5.74) is 0. The van der Waals surface area contributed by atoms with Crippen molar-refractivity contribution in [2.75, 3.05) is 0 Å². The average Bonchev–Trinajstić information content (AvgIpc) is 1.62. The van der Waals surface area contributed by atoms with Gasteiger partial charge in [0, 0.05) is 16.5 Å². The summed E-state index contributed by atoms with van der Waals surface area (Å²) in [5.74, 6) is 0. The van der Waals surface area contributed by atoms with Crippen molar-refractivity contribution in [1.82, 2.24) is 0 Å². The molecular formula is C8H12Ni. The Morgan fingerprint density at radius 3 is 1.00 bits per heavy atom. The number of hydrogen-bond donors (Lipinski definition) is 0. The van der Waals surface area contributed by atoms with E-state index in [1.54, 1.807) is 0 Å². The Kier molecular flexibility index (Phi) is 6.08. The monoisotopic (exact) mass is 166 g/mol. The van der Waals surface area contributed by atoms with Gasteiger partial charge in [-0.25, -0.2) is 0 Å². The summed E-state index contributed by atoms with van der Waals surface area (Å²) in [7, 11) is 0. The van der Waals surface area contributed by atoms with E-state index in [9.17, 15) is 0 Å². The van der Waals surface area contributed by atoms with Crippen LogP contribution in [0.1, 0.15) is 25.7 Å². The summed E-state index contributed by atoms with van der Waals surface area (Å²) < 4.78 is 0. The fraction of sp³-hybridized carbons (Fsp3) is 0.500. The van der Waals surface area contributed by atoms with Crippen molar-refractivity contribution >= 4 is 0 Å². The molecule has 0 nitrogen and oxygen atoms in total. The second-order valence-corrected chi connectivity index (χ2v) is 2.10. The van der Waals surface area contributed by atoms with Crippen LogP contribution in [0.3, 0.4) is 0 Å². The fourth-order valence-corrected chi connectivity index (χ4v) is 0.856. The minimum Gasteiger partial charge on any atom is -0.0882 e. The van der Waals surface area contributed by atoms with Crippen LogP contribution in [0.2, 0.25) is 0 Å². The first-order valence-electron chi connectivity index (χ1n) is 3.30. The Morgan fingerprint density at radius 1 is 0.556 bits per heavy atom. The molecule has 0 aromatic rings. The maximum atomic E-state index is 2.27. The Bertz CT molecular complexity index is 77.1. The van der Waals surface area contributed by atoms with Gasteiger partial charge in [-0.05, 0) is 25.7 Å². The van der Waals surface area contributed by atoms with Crippen LogP contribution in [0.25, 0.3) is 0 Å². The zero-order chi connectivity index (χ0) is 5.66. The van der Waals surface area contributed by atoms with Gasteiger partial charge in [-0.2, -0.15) is 0 Å². The molecule has 0 radical (unpaired) electrons. The third-order valence-electron chi connectivity index (χ3n) is 1.33. The summed E-state index contributed by atoms with van der Waals surface area (Å²) in [6, 6.07) is 0. The van der Waals surface area contributed by atoms with Crippen molar-refractivity contribution in [3.05, 3.63) is 24.3 Å². The molecule has 0 atom stereocenters. The van der Waals surface area contributed by atoms with Crippen molar-refractivity contribution in [3.63, 3.8) is 0 Å². The van der Waals surface area contributed by atoms with Crippen molar-refractivity contribution in [2.24, 2.45) is 0 Å². The SMILES string of the molecule is C1=C\CC/C=C/CC/1.[Ni]. The van der Waals surface area contributed by atoms with E-state index >= 15 is 0 Å². The molecule has 0 unspecified atom stereocenters. The molecule has 1 heteroatoms. The van der Waals surface area contributed by atoms with Crippen LogP contribution in [0.4, 0.5) is 0 Å². The molecule has 0 saturated heterocycles. The van der Waals surface area contributed by atoms with E-state index in [1.165, 1.54) is 25.7 Å². The summed E-state index contributed by atoms with van der Waals surface area (Å²) in [6.07, 6.45) is 14.0. The zero-order valence-electron chi connectivity index (χ0n) is 5.45. The van der Waals surface area contributed by atoms with Gasteiger partial charge < -0.3 is 0 Å². The third-order valence-corrected chi connectivity index (χ3v) is 1.33. The summed E-state index contributed by atoms with van der Waals surface area (Å²) in [5, 5.41) is 0. The Morgan fingerprint density at radius 2 is 0.778 bits per heavy atom. The van der Waals surface area contributed by atoms with Crippen LogP contribution < -0.4 is 0 Å². The van der Waals surface area contributed by atoms with Gasteiger partial charge in [-0.15, -0.1) is 0 Å². The molecular weight excluding hydrogens is 155 g/mol. The first-order chi connectivity index (χ1) is 4.00. The maximum Gasteiger partial charge on any atom is 0 e. The maximum absolute atomic E-state index is 2.27. The zero-order valence-corrected chi connectivity index (χ0v) is 6.44. The first kappa shape index (κ1) is 8.97. The predicted octanol–water partition coefficient (Wildman–Crippen LogP) is 2.67. The minimum absolute atomic E-state index is 0. The van der Waals surface area contributed by atoms with Gasteiger partial charge in [-0.3, -0.25) is 0 Å². The molecule has 1 aliphatic rings. The van der Waals surface area contributed by atoms with Gasteiger partial charge in [0.15, 0.2) is 0 Å². The van der Waals surface area contributed by atoms with Gasteiger partial charge in [0.2, 0.25) is 0 Å². The van der Waals surface area contributed by atoms with Crippen LogP contribution in [-0.4, -0.2) is 0 Å². The molecule has 0 aromatic heterocycles. The minimum atomic E-state index is 0. The average molecular weight is 167 g/mol. The Hall–Kier alpha value is -0.0265.